The Morgan fingerprint density at radius 2 is 2.00 bits per heavy atom. The van der Waals surface area contributed by atoms with E-state index in [0.29, 0.717) is 21.8 Å². The number of amides is 2. The SMILES string of the molecule is COC(=O)[C@H](C)N1C(=O)S/C(=C/c2cc(Br)c(OCC(=O)O)c(OC)c2)C1=O. The first-order valence-electron chi connectivity index (χ1n) is 7.76. The van der Waals surface area contributed by atoms with Crippen molar-refractivity contribution in [1.29, 1.82) is 0 Å². The summed E-state index contributed by atoms with van der Waals surface area (Å²) in [6.45, 7) is 0.845. The minimum absolute atomic E-state index is 0.119. The molecule has 0 aliphatic carbocycles. The topological polar surface area (TPSA) is 119 Å². The van der Waals surface area contributed by atoms with Crippen LogP contribution in [0.4, 0.5) is 4.79 Å². The highest BCUT2D eigenvalue weighted by Gasteiger charge is 2.41. The molecule has 1 aromatic rings. The Morgan fingerprint density at radius 1 is 1.32 bits per heavy atom. The van der Waals surface area contributed by atoms with Gasteiger partial charge in [0.15, 0.2) is 18.1 Å². The second-order valence-corrected chi connectivity index (χ2v) is 7.31. The van der Waals surface area contributed by atoms with Crippen molar-refractivity contribution in [2.75, 3.05) is 20.8 Å². The van der Waals surface area contributed by atoms with E-state index in [1.807, 2.05) is 0 Å². The summed E-state index contributed by atoms with van der Waals surface area (Å²) in [5.41, 5.74) is 0.502. The molecule has 0 bridgehead atoms. The average Bonchev–Trinajstić information content (AvgIpc) is 2.92. The van der Waals surface area contributed by atoms with E-state index in [2.05, 4.69) is 20.7 Å². The first-order valence-corrected chi connectivity index (χ1v) is 9.37. The van der Waals surface area contributed by atoms with Crippen LogP contribution in [0.15, 0.2) is 21.5 Å². The van der Waals surface area contributed by atoms with Gasteiger partial charge in [-0.3, -0.25) is 14.5 Å². The fourth-order valence-corrected chi connectivity index (χ4v) is 3.82. The van der Waals surface area contributed by atoms with E-state index in [1.165, 1.54) is 33.3 Å². The number of imide groups is 1. The number of thioether (sulfide) groups is 1. The van der Waals surface area contributed by atoms with Crippen molar-refractivity contribution in [2.45, 2.75) is 13.0 Å². The maximum atomic E-state index is 12.5. The van der Waals surface area contributed by atoms with E-state index in [0.717, 1.165) is 4.90 Å². The van der Waals surface area contributed by atoms with Crippen molar-refractivity contribution in [2.24, 2.45) is 0 Å². The number of carboxylic acids is 1. The zero-order chi connectivity index (χ0) is 21.0. The van der Waals surface area contributed by atoms with Crippen molar-refractivity contribution < 1.29 is 38.5 Å². The van der Waals surface area contributed by atoms with E-state index in [9.17, 15) is 19.2 Å². The third-order valence-electron chi connectivity index (χ3n) is 3.64. The van der Waals surface area contributed by atoms with Gasteiger partial charge in [-0.15, -0.1) is 0 Å². The molecular weight excluding hydrogens is 458 g/mol. The molecule has 1 N–H and O–H groups in total. The van der Waals surface area contributed by atoms with Gasteiger partial charge in [-0.2, -0.15) is 0 Å². The highest BCUT2D eigenvalue weighted by atomic mass is 79.9. The largest absolute Gasteiger partial charge is 0.493 e. The molecule has 9 nitrogen and oxygen atoms in total. The van der Waals surface area contributed by atoms with Gasteiger partial charge in [-0.05, 0) is 58.4 Å². The summed E-state index contributed by atoms with van der Waals surface area (Å²) in [6, 6.07) is 2.06. The van der Waals surface area contributed by atoms with Gasteiger partial charge in [0.05, 0.1) is 23.6 Å². The first kappa shape index (κ1) is 21.8. The number of ether oxygens (including phenoxy) is 3. The van der Waals surface area contributed by atoms with Gasteiger partial charge in [0.1, 0.15) is 6.04 Å². The zero-order valence-electron chi connectivity index (χ0n) is 15.1. The summed E-state index contributed by atoms with van der Waals surface area (Å²) in [5, 5.41) is 8.17. The van der Waals surface area contributed by atoms with Crippen molar-refractivity contribution in [3.8, 4) is 11.5 Å². The van der Waals surface area contributed by atoms with E-state index >= 15 is 0 Å². The Bertz CT molecular complexity index is 869. The number of carboxylic acid groups (broad SMARTS) is 1. The second-order valence-electron chi connectivity index (χ2n) is 5.47. The number of hydrogen-bond donors (Lipinski definition) is 1. The third-order valence-corrected chi connectivity index (χ3v) is 5.12. The molecule has 1 aromatic carbocycles. The van der Waals surface area contributed by atoms with Crippen LogP contribution in [-0.4, -0.2) is 60.0 Å². The number of hydrogen-bond acceptors (Lipinski definition) is 8. The second kappa shape index (κ2) is 9.11. The summed E-state index contributed by atoms with van der Waals surface area (Å²) in [6.07, 6.45) is 1.46. The number of benzene rings is 1. The standard InChI is InChI=1S/C17H16BrNO8S/c1-8(16(23)26-3)19-15(22)12(28-17(19)24)6-9-4-10(18)14(11(5-9)25-2)27-7-13(20)21/h4-6,8H,7H2,1-3H3,(H,20,21)/b12-6+/t8-/m0/s1. The smallest absolute Gasteiger partial charge is 0.341 e. The van der Waals surface area contributed by atoms with Gasteiger partial charge in [-0.1, -0.05) is 0 Å². The summed E-state index contributed by atoms with van der Waals surface area (Å²) in [5.74, 6) is -2.04. The monoisotopic (exact) mass is 473 g/mol. The quantitative estimate of drug-likeness (QED) is 0.470. The van der Waals surface area contributed by atoms with Crippen LogP contribution in [0.3, 0.4) is 0 Å². The normalized spacial score (nSPS) is 16.3. The lowest BCUT2D eigenvalue weighted by molar-refractivity contribution is -0.148. The Morgan fingerprint density at radius 3 is 2.57 bits per heavy atom. The molecule has 1 saturated heterocycles. The highest BCUT2D eigenvalue weighted by molar-refractivity contribution is 9.10. The Balaban J connectivity index is 2.33. The molecular formula is C17H16BrNO8S. The predicted octanol–water partition coefficient (Wildman–Crippen LogP) is 2.52. The number of aliphatic carboxylic acids is 1. The predicted molar refractivity (Wildman–Crippen MR) is 103 cm³/mol. The molecule has 11 heteroatoms. The van der Waals surface area contributed by atoms with E-state index in [-0.39, 0.29) is 16.4 Å². The van der Waals surface area contributed by atoms with Gasteiger partial charge < -0.3 is 19.3 Å². The van der Waals surface area contributed by atoms with Crippen LogP contribution < -0.4 is 9.47 Å². The maximum Gasteiger partial charge on any atom is 0.341 e. The molecule has 28 heavy (non-hydrogen) atoms. The molecule has 0 unspecified atom stereocenters. The first-order chi connectivity index (χ1) is 13.2. The van der Waals surface area contributed by atoms with E-state index in [1.54, 1.807) is 6.07 Å². The number of halogens is 1. The van der Waals surface area contributed by atoms with Crippen molar-refractivity contribution in [3.63, 3.8) is 0 Å². The molecule has 1 aliphatic rings. The van der Waals surface area contributed by atoms with Crippen LogP contribution in [0.25, 0.3) is 6.08 Å². The highest BCUT2D eigenvalue weighted by Crippen LogP contribution is 2.39. The molecule has 2 rings (SSSR count). The average molecular weight is 474 g/mol. The molecule has 0 spiro atoms. The number of rotatable bonds is 7. The molecule has 1 atom stereocenters. The minimum Gasteiger partial charge on any atom is -0.493 e. The van der Waals surface area contributed by atoms with Crippen molar-refractivity contribution in [1.82, 2.24) is 4.90 Å². The van der Waals surface area contributed by atoms with Crippen LogP contribution in [0.5, 0.6) is 11.5 Å². The minimum atomic E-state index is -1.15. The number of methoxy groups -OCH3 is 2. The van der Waals surface area contributed by atoms with Gasteiger partial charge >= 0.3 is 11.9 Å². The number of carbonyl (C=O) groups is 4. The van der Waals surface area contributed by atoms with E-state index < -0.39 is 35.7 Å². The maximum absolute atomic E-state index is 12.5. The molecule has 2 amide bonds. The van der Waals surface area contributed by atoms with Gasteiger partial charge in [0.2, 0.25) is 0 Å². The zero-order valence-corrected chi connectivity index (χ0v) is 17.5. The third kappa shape index (κ3) is 4.65. The summed E-state index contributed by atoms with van der Waals surface area (Å²) < 4.78 is 15.4. The summed E-state index contributed by atoms with van der Waals surface area (Å²) >= 11 is 3.97. The Hall–Kier alpha value is -2.53. The van der Waals surface area contributed by atoms with E-state index in [4.69, 9.17) is 14.6 Å². The Labute approximate surface area is 172 Å². The Kier molecular flexibility index (Phi) is 7.08. The van der Waals surface area contributed by atoms with Crippen molar-refractivity contribution in [3.05, 3.63) is 27.1 Å². The van der Waals surface area contributed by atoms with Gasteiger partial charge in [-0.25, -0.2) is 9.59 Å². The molecule has 150 valence electrons. The van der Waals surface area contributed by atoms with Crippen LogP contribution in [0.2, 0.25) is 0 Å². The molecule has 0 radical (unpaired) electrons. The van der Waals surface area contributed by atoms with Crippen LogP contribution in [0, 0.1) is 0 Å². The molecule has 1 fully saturated rings. The lowest BCUT2D eigenvalue weighted by Gasteiger charge is -2.18. The van der Waals surface area contributed by atoms with Crippen LogP contribution >= 0.6 is 27.7 Å². The fourth-order valence-electron chi connectivity index (χ4n) is 2.34. The van der Waals surface area contributed by atoms with Crippen molar-refractivity contribution >= 4 is 56.9 Å². The number of carbonyl (C=O) groups excluding carboxylic acids is 3. The summed E-state index contributed by atoms with van der Waals surface area (Å²) in [7, 11) is 2.55. The molecule has 1 aliphatic heterocycles. The number of nitrogens with zero attached hydrogens (tertiary/aromatic N) is 1. The van der Waals surface area contributed by atoms with Gasteiger partial charge in [0.25, 0.3) is 11.1 Å². The molecule has 1 heterocycles. The van der Waals surface area contributed by atoms with Crippen LogP contribution in [0.1, 0.15) is 12.5 Å². The number of esters is 1. The van der Waals surface area contributed by atoms with Crippen LogP contribution in [-0.2, 0) is 19.1 Å². The molecule has 0 aromatic heterocycles. The van der Waals surface area contributed by atoms with Gasteiger partial charge in [0, 0.05) is 0 Å². The fraction of sp³-hybridized carbons (Fsp3) is 0.294. The lowest BCUT2D eigenvalue weighted by Crippen LogP contribution is -2.42. The molecule has 0 saturated carbocycles. The summed E-state index contributed by atoms with van der Waals surface area (Å²) in [4.78, 5) is 48.0. The lowest BCUT2D eigenvalue weighted by atomic mass is 10.1.